The Morgan fingerprint density at radius 3 is 2.79 bits per heavy atom. The zero-order valence-electron chi connectivity index (χ0n) is 10.9. The molecule has 0 saturated carbocycles. The molecule has 1 aromatic heterocycles. The van der Waals surface area contributed by atoms with Crippen LogP contribution < -0.4 is 4.90 Å². The quantitative estimate of drug-likeness (QED) is 0.858. The third kappa shape index (κ3) is 3.23. The van der Waals surface area contributed by atoms with Gasteiger partial charge in [0, 0.05) is 25.4 Å². The Morgan fingerprint density at radius 2 is 2.16 bits per heavy atom. The largest absolute Gasteiger partial charge is 0.423 e. The molecule has 7 heteroatoms. The summed E-state index contributed by atoms with van der Waals surface area (Å²) in [7, 11) is -1.39. The van der Waals surface area contributed by atoms with E-state index in [-0.39, 0.29) is 17.8 Å². The van der Waals surface area contributed by atoms with Gasteiger partial charge in [0.25, 0.3) is 6.01 Å². The number of sulfone groups is 1. The van der Waals surface area contributed by atoms with E-state index in [1.165, 1.54) is 24.5 Å². The second-order valence-electron chi connectivity index (χ2n) is 4.66. The highest BCUT2D eigenvalue weighted by Gasteiger charge is 2.19. The summed E-state index contributed by atoms with van der Waals surface area (Å²) in [6, 6.07) is 4.06. The Hall–Kier alpha value is -1.63. The van der Waals surface area contributed by atoms with Gasteiger partial charge in [0.05, 0.1) is 5.75 Å². The average molecular weight is 286 g/mol. The van der Waals surface area contributed by atoms with Crippen molar-refractivity contribution in [3.05, 3.63) is 24.0 Å². The fourth-order valence-electron chi connectivity index (χ4n) is 1.78. The van der Waals surface area contributed by atoms with Crippen molar-refractivity contribution in [2.75, 3.05) is 24.0 Å². The zero-order chi connectivity index (χ0) is 14.2. The maximum atomic E-state index is 13.0. The topological polar surface area (TPSA) is 63.4 Å². The molecule has 1 unspecified atom stereocenters. The van der Waals surface area contributed by atoms with E-state index in [4.69, 9.17) is 4.42 Å². The highest BCUT2D eigenvalue weighted by molar-refractivity contribution is 7.90. The predicted molar refractivity (Wildman–Crippen MR) is 71.5 cm³/mol. The van der Waals surface area contributed by atoms with E-state index in [9.17, 15) is 12.8 Å². The van der Waals surface area contributed by atoms with Crippen molar-refractivity contribution in [1.29, 1.82) is 0 Å². The van der Waals surface area contributed by atoms with Gasteiger partial charge in [-0.05, 0) is 19.1 Å². The van der Waals surface area contributed by atoms with Crippen molar-refractivity contribution in [3.8, 4) is 0 Å². The summed E-state index contributed by atoms with van der Waals surface area (Å²) in [5.74, 6) is -0.404. The van der Waals surface area contributed by atoms with Crippen LogP contribution in [0.15, 0.2) is 22.6 Å². The van der Waals surface area contributed by atoms with E-state index in [1.54, 1.807) is 18.9 Å². The molecule has 0 radical (unpaired) electrons. The first kappa shape index (κ1) is 13.8. The molecular formula is C12H15FN2O3S. The van der Waals surface area contributed by atoms with Crippen molar-refractivity contribution < 1.29 is 17.2 Å². The normalized spacial score (nSPS) is 13.7. The van der Waals surface area contributed by atoms with Gasteiger partial charge in [-0.25, -0.2) is 12.8 Å². The summed E-state index contributed by atoms with van der Waals surface area (Å²) in [4.78, 5) is 5.83. The molecule has 0 aliphatic heterocycles. The van der Waals surface area contributed by atoms with Crippen LogP contribution in [0.1, 0.15) is 6.92 Å². The van der Waals surface area contributed by atoms with Crippen molar-refractivity contribution in [2.24, 2.45) is 0 Å². The summed E-state index contributed by atoms with van der Waals surface area (Å²) in [5, 5.41) is 0. The fourth-order valence-corrected chi connectivity index (χ4v) is 2.88. The molecule has 0 spiro atoms. The zero-order valence-corrected chi connectivity index (χ0v) is 11.7. The molecule has 0 amide bonds. The smallest absolute Gasteiger partial charge is 0.298 e. The molecule has 2 rings (SSSR count). The number of rotatable bonds is 4. The van der Waals surface area contributed by atoms with Crippen LogP contribution in [0.4, 0.5) is 10.4 Å². The minimum absolute atomic E-state index is 0.00339. The molecule has 0 aliphatic rings. The van der Waals surface area contributed by atoms with Gasteiger partial charge >= 0.3 is 0 Å². The standard InChI is InChI=1S/C12H15FN2O3S/c1-8(7-19(3,16)17)15(2)12-14-10-5-4-9(13)6-11(10)18-12/h4-6,8H,7H2,1-3H3. The number of oxazole rings is 1. The lowest BCUT2D eigenvalue weighted by Crippen LogP contribution is -2.34. The first-order valence-corrected chi connectivity index (χ1v) is 7.79. The SMILES string of the molecule is CC(CS(C)(=O)=O)N(C)c1nc2ccc(F)cc2o1. The van der Waals surface area contributed by atoms with Crippen LogP contribution in [0.5, 0.6) is 0 Å². The molecule has 5 nitrogen and oxygen atoms in total. The van der Waals surface area contributed by atoms with Gasteiger partial charge in [-0.2, -0.15) is 4.98 Å². The maximum absolute atomic E-state index is 13.0. The van der Waals surface area contributed by atoms with E-state index < -0.39 is 15.7 Å². The number of anilines is 1. The lowest BCUT2D eigenvalue weighted by Gasteiger charge is -2.21. The van der Waals surface area contributed by atoms with Crippen LogP contribution in [0.3, 0.4) is 0 Å². The van der Waals surface area contributed by atoms with Crippen molar-refractivity contribution in [3.63, 3.8) is 0 Å². The highest BCUT2D eigenvalue weighted by Crippen LogP contribution is 2.23. The number of halogens is 1. The molecule has 1 heterocycles. The molecule has 0 bridgehead atoms. The fraction of sp³-hybridized carbons (Fsp3) is 0.417. The monoisotopic (exact) mass is 286 g/mol. The Bertz CT molecular complexity index is 696. The first-order chi connectivity index (χ1) is 8.76. The lowest BCUT2D eigenvalue weighted by molar-refractivity contribution is 0.552. The Morgan fingerprint density at radius 1 is 1.47 bits per heavy atom. The van der Waals surface area contributed by atoms with Gasteiger partial charge in [-0.3, -0.25) is 0 Å². The summed E-state index contributed by atoms with van der Waals surface area (Å²) >= 11 is 0. The second-order valence-corrected chi connectivity index (χ2v) is 6.85. The molecule has 2 aromatic rings. The van der Waals surface area contributed by atoms with Gasteiger partial charge in [0.1, 0.15) is 21.2 Å². The number of hydrogen-bond donors (Lipinski definition) is 0. The van der Waals surface area contributed by atoms with Crippen LogP contribution in [0.2, 0.25) is 0 Å². The van der Waals surface area contributed by atoms with Crippen molar-refractivity contribution in [2.45, 2.75) is 13.0 Å². The third-order valence-electron chi connectivity index (χ3n) is 2.85. The van der Waals surface area contributed by atoms with Gasteiger partial charge < -0.3 is 9.32 Å². The van der Waals surface area contributed by atoms with Crippen molar-refractivity contribution >= 4 is 27.0 Å². The third-order valence-corrected chi connectivity index (χ3v) is 3.93. The Labute approximate surface area is 111 Å². The van der Waals surface area contributed by atoms with E-state index in [1.807, 2.05) is 0 Å². The van der Waals surface area contributed by atoms with Crippen molar-refractivity contribution in [1.82, 2.24) is 4.98 Å². The van der Waals surface area contributed by atoms with E-state index in [0.29, 0.717) is 11.1 Å². The Kier molecular flexibility index (Phi) is 3.49. The minimum Gasteiger partial charge on any atom is -0.423 e. The van der Waals surface area contributed by atoms with E-state index in [0.717, 1.165) is 0 Å². The van der Waals surface area contributed by atoms with E-state index >= 15 is 0 Å². The van der Waals surface area contributed by atoms with Crippen LogP contribution in [0, 0.1) is 5.82 Å². The molecule has 0 fully saturated rings. The first-order valence-electron chi connectivity index (χ1n) is 5.73. The van der Waals surface area contributed by atoms with Crippen LogP contribution in [-0.2, 0) is 9.84 Å². The number of hydrogen-bond acceptors (Lipinski definition) is 5. The summed E-state index contributed by atoms with van der Waals surface area (Å²) in [5.41, 5.74) is 0.878. The summed E-state index contributed by atoms with van der Waals surface area (Å²) in [6.45, 7) is 1.76. The molecule has 1 aromatic carbocycles. The average Bonchev–Trinajstić information content (AvgIpc) is 2.68. The second kappa shape index (κ2) is 4.80. The number of benzene rings is 1. The number of aromatic nitrogens is 1. The molecule has 19 heavy (non-hydrogen) atoms. The minimum atomic E-state index is -3.08. The molecule has 0 N–H and O–H groups in total. The van der Waals surface area contributed by atoms with Gasteiger partial charge in [0.15, 0.2) is 5.58 Å². The van der Waals surface area contributed by atoms with Crippen LogP contribution >= 0.6 is 0 Å². The maximum Gasteiger partial charge on any atom is 0.298 e. The molecule has 104 valence electrons. The van der Waals surface area contributed by atoms with Gasteiger partial charge in [-0.1, -0.05) is 0 Å². The number of nitrogens with zero attached hydrogens (tertiary/aromatic N) is 2. The lowest BCUT2D eigenvalue weighted by atomic mass is 10.3. The van der Waals surface area contributed by atoms with Gasteiger partial charge in [0.2, 0.25) is 0 Å². The summed E-state index contributed by atoms with van der Waals surface area (Å²) in [6.07, 6.45) is 1.18. The summed E-state index contributed by atoms with van der Waals surface area (Å²) < 4.78 is 41.0. The molecule has 1 atom stereocenters. The van der Waals surface area contributed by atoms with Crippen LogP contribution in [-0.4, -0.2) is 38.5 Å². The highest BCUT2D eigenvalue weighted by atomic mass is 32.2. The van der Waals surface area contributed by atoms with E-state index in [2.05, 4.69) is 4.98 Å². The van der Waals surface area contributed by atoms with Crippen LogP contribution in [0.25, 0.3) is 11.1 Å². The molecular weight excluding hydrogens is 271 g/mol. The molecule has 0 aliphatic carbocycles. The number of fused-ring (bicyclic) bond motifs is 1. The predicted octanol–water partition coefficient (Wildman–Crippen LogP) is 1.84. The molecule has 0 saturated heterocycles. The Balaban J connectivity index is 2.28. The van der Waals surface area contributed by atoms with Gasteiger partial charge in [-0.15, -0.1) is 0 Å².